The monoisotopic (exact) mass is 400 g/mol. The number of nitrogens with zero attached hydrogens (tertiary/aromatic N) is 2. The van der Waals surface area contributed by atoms with Gasteiger partial charge in [-0.25, -0.2) is 4.98 Å². The van der Waals surface area contributed by atoms with E-state index < -0.39 is 0 Å². The van der Waals surface area contributed by atoms with E-state index >= 15 is 0 Å². The molecule has 0 atom stereocenters. The topological polar surface area (TPSA) is 60.9 Å². The summed E-state index contributed by atoms with van der Waals surface area (Å²) in [6, 6.07) is 11.2. The molecule has 0 fully saturated rings. The summed E-state index contributed by atoms with van der Waals surface area (Å²) in [6.07, 6.45) is 0. The Morgan fingerprint density at radius 1 is 1.07 bits per heavy atom. The number of carbonyl (C=O) groups excluding carboxylic acids is 1. The Hall–Kier alpha value is -2.80. The Balaban J connectivity index is 2.07. The minimum Gasteiger partial charge on any atom is -0.493 e. The van der Waals surface area contributed by atoms with E-state index in [1.165, 1.54) is 32.7 Å². The van der Waals surface area contributed by atoms with Gasteiger partial charge in [0.15, 0.2) is 16.6 Å². The zero-order valence-corrected chi connectivity index (χ0v) is 17.5. The quantitative estimate of drug-likeness (QED) is 0.579. The number of benzene rings is 2. The maximum Gasteiger partial charge on any atom is 0.260 e. The number of para-hydroxylation sites is 1. The van der Waals surface area contributed by atoms with Gasteiger partial charge in [0.05, 0.1) is 31.5 Å². The van der Waals surface area contributed by atoms with Gasteiger partial charge in [0, 0.05) is 12.1 Å². The maximum atomic E-state index is 13.4. The van der Waals surface area contributed by atoms with Crippen molar-refractivity contribution in [2.45, 2.75) is 13.8 Å². The SMILES string of the molecule is COc1cc(C(=O)N(CC(C)C)c2nc3ccccc3s2)cc(OC)c1OC. The molecule has 0 aliphatic heterocycles. The van der Waals surface area contributed by atoms with E-state index in [4.69, 9.17) is 14.2 Å². The fourth-order valence-corrected chi connectivity index (χ4v) is 3.92. The van der Waals surface area contributed by atoms with Crippen LogP contribution in [0.4, 0.5) is 5.13 Å². The highest BCUT2D eigenvalue weighted by atomic mass is 32.1. The molecule has 0 aliphatic rings. The summed E-state index contributed by atoms with van der Waals surface area (Å²) in [7, 11) is 4.60. The average molecular weight is 401 g/mol. The standard InChI is InChI=1S/C21H24N2O4S/c1-13(2)12-23(21-22-15-8-6-7-9-18(15)28-21)20(24)14-10-16(25-3)19(27-5)17(11-14)26-4/h6-11,13H,12H2,1-5H3. The maximum absolute atomic E-state index is 13.4. The molecule has 6 nitrogen and oxygen atoms in total. The highest BCUT2D eigenvalue weighted by Crippen LogP contribution is 2.39. The number of ether oxygens (including phenoxy) is 3. The molecule has 0 bridgehead atoms. The predicted octanol–water partition coefficient (Wildman–Crippen LogP) is 4.62. The first-order valence-electron chi connectivity index (χ1n) is 8.96. The fourth-order valence-electron chi connectivity index (χ4n) is 2.95. The van der Waals surface area contributed by atoms with Crippen LogP contribution < -0.4 is 19.1 Å². The number of anilines is 1. The van der Waals surface area contributed by atoms with Crippen LogP contribution in [0.25, 0.3) is 10.2 Å². The van der Waals surface area contributed by atoms with Crippen LogP contribution >= 0.6 is 11.3 Å². The third-order valence-electron chi connectivity index (χ3n) is 4.22. The van der Waals surface area contributed by atoms with Gasteiger partial charge in [-0.05, 0) is 30.2 Å². The normalized spacial score (nSPS) is 10.9. The molecular weight excluding hydrogens is 376 g/mol. The van der Waals surface area contributed by atoms with Gasteiger partial charge < -0.3 is 14.2 Å². The van der Waals surface area contributed by atoms with E-state index in [-0.39, 0.29) is 11.8 Å². The van der Waals surface area contributed by atoms with Gasteiger partial charge in [0.2, 0.25) is 5.75 Å². The molecule has 1 aromatic heterocycles. The van der Waals surface area contributed by atoms with Crippen LogP contribution in [0.3, 0.4) is 0 Å². The molecule has 1 amide bonds. The van der Waals surface area contributed by atoms with E-state index in [0.717, 1.165) is 10.2 Å². The van der Waals surface area contributed by atoms with Crippen LogP contribution in [0.15, 0.2) is 36.4 Å². The second-order valence-corrected chi connectivity index (χ2v) is 7.70. The molecule has 7 heteroatoms. The van der Waals surface area contributed by atoms with Gasteiger partial charge in [0.25, 0.3) is 5.91 Å². The Bertz CT molecular complexity index is 925. The Morgan fingerprint density at radius 3 is 2.25 bits per heavy atom. The largest absolute Gasteiger partial charge is 0.493 e. The smallest absolute Gasteiger partial charge is 0.260 e. The molecule has 0 unspecified atom stereocenters. The van der Waals surface area contributed by atoms with Crippen LogP contribution in [-0.2, 0) is 0 Å². The summed E-state index contributed by atoms with van der Waals surface area (Å²) >= 11 is 1.50. The number of fused-ring (bicyclic) bond motifs is 1. The lowest BCUT2D eigenvalue weighted by molar-refractivity contribution is 0.0983. The zero-order valence-electron chi connectivity index (χ0n) is 16.7. The molecule has 3 aromatic rings. The lowest BCUT2D eigenvalue weighted by Crippen LogP contribution is -2.34. The van der Waals surface area contributed by atoms with Crippen molar-refractivity contribution in [3.63, 3.8) is 0 Å². The minimum absolute atomic E-state index is 0.160. The van der Waals surface area contributed by atoms with Gasteiger partial charge in [-0.3, -0.25) is 9.69 Å². The molecule has 0 saturated heterocycles. The molecule has 148 valence electrons. The van der Waals surface area contributed by atoms with Crippen LogP contribution in [-0.4, -0.2) is 38.8 Å². The number of rotatable bonds is 7. The second-order valence-electron chi connectivity index (χ2n) is 6.69. The van der Waals surface area contributed by atoms with Gasteiger partial charge in [-0.2, -0.15) is 0 Å². The minimum atomic E-state index is -0.160. The highest BCUT2D eigenvalue weighted by Gasteiger charge is 2.25. The molecule has 1 heterocycles. The number of carbonyl (C=O) groups is 1. The summed E-state index contributed by atoms with van der Waals surface area (Å²) in [5, 5.41) is 0.675. The fraction of sp³-hybridized carbons (Fsp3) is 0.333. The molecule has 0 saturated carbocycles. The number of aromatic nitrogens is 1. The van der Waals surface area contributed by atoms with E-state index in [9.17, 15) is 4.79 Å². The molecule has 0 radical (unpaired) electrons. The summed E-state index contributed by atoms with van der Waals surface area (Å²) < 4.78 is 17.2. The molecule has 3 rings (SSSR count). The second kappa shape index (κ2) is 8.48. The van der Waals surface area contributed by atoms with Crippen LogP contribution in [0.5, 0.6) is 17.2 Å². The molecule has 2 aromatic carbocycles. The first-order valence-corrected chi connectivity index (χ1v) is 9.77. The van der Waals surface area contributed by atoms with Crippen LogP contribution in [0, 0.1) is 5.92 Å². The summed E-state index contributed by atoms with van der Waals surface area (Å²) in [5.74, 6) is 1.46. The van der Waals surface area contributed by atoms with E-state index in [1.807, 2.05) is 24.3 Å². The van der Waals surface area contributed by atoms with Gasteiger partial charge >= 0.3 is 0 Å². The number of amides is 1. The molecule has 28 heavy (non-hydrogen) atoms. The number of thiazole rings is 1. The van der Waals surface area contributed by atoms with Crippen molar-refractivity contribution in [1.82, 2.24) is 4.98 Å². The third kappa shape index (κ3) is 3.89. The predicted molar refractivity (Wildman–Crippen MR) is 112 cm³/mol. The summed E-state index contributed by atoms with van der Waals surface area (Å²) in [5.41, 5.74) is 1.34. The molecule has 0 aliphatic carbocycles. The zero-order chi connectivity index (χ0) is 20.3. The van der Waals surface area contributed by atoms with Crippen molar-refractivity contribution in [3.8, 4) is 17.2 Å². The van der Waals surface area contributed by atoms with E-state index in [0.29, 0.717) is 34.5 Å². The summed E-state index contributed by atoms with van der Waals surface area (Å²) in [6.45, 7) is 4.70. The van der Waals surface area contributed by atoms with Crippen molar-refractivity contribution in [1.29, 1.82) is 0 Å². The third-order valence-corrected chi connectivity index (χ3v) is 5.28. The highest BCUT2D eigenvalue weighted by molar-refractivity contribution is 7.22. The van der Waals surface area contributed by atoms with Crippen molar-refractivity contribution in [2.75, 3.05) is 32.8 Å². The van der Waals surface area contributed by atoms with Crippen LogP contribution in [0.1, 0.15) is 24.2 Å². The Morgan fingerprint density at radius 2 is 1.71 bits per heavy atom. The molecular formula is C21H24N2O4S. The molecule has 0 N–H and O–H groups in total. The lowest BCUT2D eigenvalue weighted by atomic mass is 10.1. The Kier molecular flexibility index (Phi) is 6.04. The van der Waals surface area contributed by atoms with Crippen molar-refractivity contribution >= 4 is 32.6 Å². The van der Waals surface area contributed by atoms with Crippen molar-refractivity contribution < 1.29 is 19.0 Å². The van der Waals surface area contributed by atoms with Crippen LogP contribution in [0.2, 0.25) is 0 Å². The number of hydrogen-bond donors (Lipinski definition) is 0. The van der Waals surface area contributed by atoms with E-state index in [1.54, 1.807) is 17.0 Å². The summed E-state index contributed by atoms with van der Waals surface area (Å²) in [4.78, 5) is 19.8. The van der Waals surface area contributed by atoms with Crippen molar-refractivity contribution in [3.05, 3.63) is 42.0 Å². The van der Waals surface area contributed by atoms with Crippen molar-refractivity contribution in [2.24, 2.45) is 5.92 Å². The number of methoxy groups -OCH3 is 3. The Labute approximate surface area is 168 Å². The first-order chi connectivity index (χ1) is 13.5. The van der Waals surface area contributed by atoms with Gasteiger partial charge in [-0.1, -0.05) is 37.3 Å². The number of hydrogen-bond acceptors (Lipinski definition) is 6. The van der Waals surface area contributed by atoms with Gasteiger partial charge in [0.1, 0.15) is 0 Å². The molecule has 0 spiro atoms. The average Bonchev–Trinajstić information content (AvgIpc) is 3.14. The lowest BCUT2D eigenvalue weighted by Gasteiger charge is -2.23. The van der Waals surface area contributed by atoms with Gasteiger partial charge in [-0.15, -0.1) is 0 Å². The van der Waals surface area contributed by atoms with E-state index in [2.05, 4.69) is 18.8 Å². The first kappa shape index (κ1) is 19.9.